The highest BCUT2D eigenvalue weighted by Crippen LogP contribution is 2.30. The molecule has 0 saturated carbocycles. The van der Waals surface area contributed by atoms with Crippen molar-refractivity contribution in [3.8, 4) is 11.5 Å². The zero-order valence-corrected chi connectivity index (χ0v) is 20.3. The molecule has 0 aliphatic carbocycles. The van der Waals surface area contributed by atoms with E-state index in [1.54, 1.807) is 36.4 Å². The van der Waals surface area contributed by atoms with Gasteiger partial charge < -0.3 is 20.1 Å². The first-order valence-corrected chi connectivity index (χ1v) is 11.4. The van der Waals surface area contributed by atoms with E-state index in [9.17, 15) is 9.59 Å². The van der Waals surface area contributed by atoms with Crippen LogP contribution in [-0.2, 0) is 4.79 Å². The van der Waals surface area contributed by atoms with Gasteiger partial charge >= 0.3 is 0 Å². The summed E-state index contributed by atoms with van der Waals surface area (Å²) < 4.78 is 10.6. The molecule has 0 radical (unpaired) electrons. The smallest absolute Gasteiger partial charge is 0.263 e. The van der Waals surface area contributed by atoms with Crippen molar-refractivity contribution in [2.45, 2.75) is 24.0 Å². The van der Waals surface area contributed by atoms with Crippen LogP contribution in [0.2, 0.25) is 5.02 Å². The van der Waals surface area contributed by atoms with Gasteiger partial charge in [-0.2, -0.15) is 0 Å². The molecule has 0 aromatic heterocycles. The van der Waals surface area contributed by atoms with Gasteiger partial charge in [0.05, 0.1) is 19.5 Å². The first-order valence-electron chi connectivity index (χ1n) is 10.2. The molecule has 2 amide bonds. The Kier molecular flexibility index (Phi) is 8.25. The minimum absolute atomic E-state index is 0.124. The molecule has 3 aromatic rings. The van der Waals surface area contributed by atoms with Crippen LogP contribution in [-0.4, -0.2) is 31.3 Å². The van der Waals surface area contributed by atoms with Gasteiger partial charge in [0.25, 0.3) is 5.91 Å². The van der Waals surface area contributed by atoms with E-state index in [1.807, 2.05) is 38.1 Å². The Hall–Kier alpha value is -3.16. The van der Waals surface area contributed by atoms with Crippen LogP contribution in [0.3, 0.4) is 0 Å². The maximum absolute atomic E-state index is 12.8. The van der Waals surface area contributed by atoms with E-state index in [2.05, 4.69) is 10.6 Å². The fraction of sp³-hybridized carbons (Fsp3) is 0.200. The fourth-order valence-electron chi connectivity index (χ4n) is 3.06. The van der Waals surface area contributed by atoms with E-state index in [1.165, 1.54) is 26.0 Å². The summed E-state index contributed by atoms with van der Waals surface area (Å²) in [5.41, 5.74) is 2.55. The standard InChI is InChI=1S/C25H25ClN2O4S/c1-15-8-9-18(14-20(15)26)28-24(29)16(2)33-19-12-10-17(11-13-19)27-25(30)23-21(31-3)6-5-7-22(23)32-4/h5-14,16H,1-4H3,(H,27,30)(H,28,29). The van der Waals surface area contributed by atoms with Crippen LogP contribution in [0.4, 0.5) is 11.4 Å². The summed E-state index contributed by atoms with van der Waals surface area (Å²) in [6.07, 6.45) is 0. The lowest BCUT2D eigenvalue weighted by Crippen LogP contribution is -2.22. The molecule has 0 saturated heterocycles. The van der Waals surface area contributed by atoms with Crippen molar-refractivity contribution in [2.75, 3.05) is 24.9 Å². The van der Waals surface area contributed by atoms with Crippen molar-refractivity contribution in [1.29, 1.82) is 0 Å². The lowest BCUT2D eigenvalue weighted by molar-refractivity contribution is -0.115. The molecule has 0 aliphatic rings. The molecule has 0 heterocycles. The van der Waals surface area contributed by atoms with Gasteiger partial charge in [0.2, 0.25) is 5.91 Å². The molecular formula is C25H25ClN2O4S. The number of rotatable bonds is 8. The Labute approximate surface area is 202 Å². The molecule has 2 N–H and O–H groups in total. The molecule has 33 heavy (non-hydrogen) atoms. The Morgan fingerprint density at radius 2 is 1.52 bits per heavy atom. The molecule has 1 atom stereocenters. The zero-order chi connectivity index (χ0) is 24.0. The van der Waals surface area contributed by atoms with Crippen molar-refractivity contribution < 1.29 is 19.1 Å². The maximum atomic E-state index is 12.8. The summed E-state index contributed by atoms with van der Waals surface area (Å²) in [5.74, 6) is 0.386. The third kappa shape index (κ3) is 6.21. The number of ether oxygens (including phenoxy) is 2. The first kappa shape index (κ1) is 24.5. The Bertz CT molecular complexity index is 1130. The Morgan fingerprint density at radius 1 is 0.909 bits per heavy atom. The third-order valence-electron chi connectivity index (χ3n) is 4.89. The van der Waals surface area contributed by atoms with E-state index < -0.39 is 0 Å². The number of nitrogens with one attached hydrogen (secondary N) is 2. The largest absolute Gasteiger partial charge is 0.496 e. The minimum Gasteiger partial charge on any atom is -0.496 e. The fourth-order valence-corrected chi connectivity index (χ4v) is 4.11. The number of carbonyl (C=O) groups is 2. The second kappa shape index (κ2) is 11.1. The molecular weight excluding hydrogens is 460 g/mol. The highest BCUT2D eigenvalue weighted by atomic mass is 35.5. The second-order valence-corrected chi connectivity index (χ2v) is 9.05. The Balaban J connectivity index is 1.62. The molecule has 8 heteroatoms. The molecule has 0 fully saturated rings. The number of hydrogen-bond acceptors (Lipinski definition) is 5. The minimum atomic E-state index is -0.339. The average Bonchev–Trinajstić information content (AvgIpc) is 2.81. The highest BCUT2D eigenvalue weighted by Gasteiger charge is 2.19. The number of halogens is 1. The van der Waals surface area contributed by atoms with Crippen LogP contribution in [0.5, 0.6) is 11.5 Å². The lowest BCUT2D eigenvalue weighted by atomic mass is 10.1. The number of benzene rings is 3. The van der Waals surface area contributed by atoms with E-state index in [0.29, 0.717) is 33.5 Å². The predicted octanol–water partition coefficient (Wildman–Crippen LogP) is 6.04. The summed E-state index contributed by atoms with van der Waals surface area (Å²) in [4.78, 5) is 26.2. The van der Waals surface area contributed by atoms with Crippen LogP contribution >= 0.6 is 23.4 Å². The van der Waals surface area contributed by atoms with Gasteiger partial charge in [-0.25, -0.2) is 0 Å². The van der Waals surface area contributed by atoms with Crippen molar-refractivity contribution in [1.82, 2.24) is 0 Å². The third-order valence-corrected chi connectivity index (χ3v) is 6.41. The van der Waals surface area contributed by atoms with Crippen molar-refractivity contribution in [3.05, 3.63) is 76.8 Å². The SMILES string of the molecule is COc1cccc(OC)c1C(=O)Nc1ccc(SC(C)C(=O)Nc2ccc(C)c(Cl)c2)cc1. The number of anilines is 2. The van der Waals surface area contributed by atoms with Gasteiger partial charge in [-0.05, 0) is 67.9 Å². The van der Waals surface area contributed by atoms with Crippen LogP contribution in [0.15, 0.2) is 65.6 Å². The summed E-state index contributed by atoms with van der Waals surface area (Å²) >= 11 is 7.55. The summed E-state index contributed by atoms with van der Waals surface area (Å²) in [7, 11) is 3.00. The number of thioether (sulfide) groups is 1. The van der Waals surface area contributed by atoms with E-state index >= 15 is 0 Å². The molecule has 0 spiro atoms. The molecule has 1 unspecified atom stereocenters. The number of amides is 2. The van der Waals surface area contributed by atoms with Crippen molar-refractivity contribution in [2.24, 2.45) is 0 Å². The van der Waals surface area contributed by atoms with Gasteiger partial charge in [-0.15, -0.1) is 11.8 Å². The summed E-state index contributed by atoms with van der Waals surface area (Å²) in [6, 6.07) is 17.9. The lowest BCUT2D eigenvalue weighted by Gasteiger charge is -2.14. The molecule has 6 nitrogen and oxygen atoms in total. The van der Waals surface area contributed by atoms with Crippen molar-refractivity contribution in [3.63, 3.8) is 0 Å². The van der Waals surface area contributed by atoms with E-state index in [-0.39, 0.29) is 17.1 Å². The molecule has 3 aromatic carbocycles. The predicted molar refractivity (Wildman–Crippen MR) is 134 cm³/mol. The average molecular weight is 485 g/mol. The number of methoxy groups -OCH3 is 2. The van der Waals surface area contributed by atoms with Crippen molar-refractivity contribution >= 4 is 46.6 Å². The second-order valence-electron chi connectivity index (χ2n) is 7.23. The summed E-state index contributed by atoms with van der Waals surface area (Å²) in [6.45, 7) is 3.74. The van der Waals surface area contributed by atoms with Crippen LogP contribution < -0.4 is 20.1 Å². The number of aryl methyl sites for hydroxylation is 1. The molecule has 0 aliphatic heterocycles. The quantitative estimate of drug-likeness (QED) is 0.381. The molecule has 0 bridgehead atoms. The van der Waals surface area contributed by atoms with Gasteiger partial charge in [0.1, 0.15) is 17.1 Å². The highest BCUT2D eigenvalue weighted by molar-refractivity contribution is 8.00. The zero-order valence-electron chi connectivity index (χ0n) is 18.8. The topological polar surface area (TPSA) is 76.7 Å². The Morgan fingerprint density at radius 3 is 2.09 bits per heavy atom. The van der Waals surface area contributed by atoms with Gasteiger partial charge in [-0.3, -0.25) is 9.59 Å². The van der Waals surface area contributed by atoms with E-state index in [0.717, 1.165) is 10.5 Å². The summed E-state index contributed by atoms with van der Waals surface area (Å²) in [5, 5.41) is 6.01. The maximum Gasteiger partial charge on any atom is 0.263 e. The normalized spacial score (nSPS) is 11.4. The van der Waals surface area contributed by atoms with Gasteiger partial charge in [0.15, 0.2) is 0 Å². The number of carbonyl (C=O) groups excluding carboxylic acids is 2. The van der Waals surface area contributed by atoms with Crippen LogP contribution in [0.25, 0.3) is 0 Å². The monoisotopic (exact) mass is 484 g/mol. The van der Waals surface area contributed by atoms with Crippen LogP contribution in [0, 0.1) is 6.92 Å². The first-order chi connectivity index (χ1) is 15.8. The van der Waals surface area contributed by atoms with Gasteiger partial charge in [0, 0.05) is 21.3 Å². The number of hydrogen-bond donors (Lipinski definition) is 2. The van der Waals surface area contributed by atoms with Gasteiger partial charge in [-0.1, -0.05) is 23.7 Å². The van der Waals surface area contributed by atoms with E-state index in [4.69, 9.17) is 21.1 Å². The van der Waals surface area contributed by atoms with Crippen LogP contribution in [0.1, 0.15) is 22.8 Å². The molecule has 3 rings (SSSR count). The molecule has 172 valence electrons.